The van der Waals surface area contributed by atoms with Crippen LogP contribution in [0.2, 0.25) is 0 Å². The fourth-order valence-corrected chi connectivity index (χ4v) is 2.62. The van der Waals surface area contributed by atoms with Crippen LogP contribution in [-0.4, -0.2) is 29.9 Å². The Hall–Kier alpha value is -2.41. The molecular weight excluding hydrogens is 334 g/mol. The highest BCUT2D eigenvalue weighted by molar-refractivity contribution is 5.98. The number of carbonyl (C=O) groups excluding carboxylic acids is 3. The van der Waals surface area contributed by atoms with Gasteiger partial charge in [0, 0.05) is 30.7 Å². The Morgan fingerprint density at radius 3 is 2.31 bits per heavy atom. The molecule has 0 unspecified atom stereocenters. The van der Waals surface area contributed by atoms with Crippen LogP contribution in [-0.2, 0) is 9.53 Å². The van der Waals surface area contributed by atoms with Gasteiger partial charge in [0.1, 0.15) is 0 Å². The van der Waals surface area contributed by atoms with Gasteiger partial charge < -0.3 is 21.5 Å². The maximum Gasteiger partial charge on any atom is 0.316 e. The number of rotatable bonds is 10. The molecule has 0 aliphatic heterocycles. The van der Waals surface area contributed by atoms with Crippen molar-refractivity contribution >= 4 is 23.4 Å². The smallest absolute Gasteiger partial charge is 0.316 e. The summed E-state index contributed by atoms with van der Waals surface area (Å²) in [4.78, 5) is 34.5. The minimum absolute atomic E-state index is 0.0977. The van der Waals surface area contributed by atoms with Crippen molar-refractivity contribution in [3.8, 4) is 0 Å². The molecule has 5 N–H and O–H groups in total. The van der Waals surface area contributed by atoms with Gasteiger partial charge in [0.15, 0.2) is 5.78 Å². The second-order valence-corrected chi connectivity index (χ2v) is 7.84. The maximum atomic E-state index is 12.5. The molecule has 0 aliphatic rings. The number of nitrogens with one attached hydrogen (secondary N) is 1. The summed E-state index contributed by atoms with van der Waals surface area (Å²) < 4.78 is 5.87. The van der Waals surface area contributed by atoms with Crippen molar-refractivity contribution < 1.29 is 19.1 Å². The third kappa shape index (κ3) is 8.11. The minimum Gasteiger partial charge on any atom is -0.375 e. The standard InChI is InChI=1S/C19H29N3O4/c1-18(2,12-16(20)24)8-9-26-19(3,4)11-15(23)13-6-5-7-14(10-13)22-17(21)25/h5-7,10H,8-9,11-12H2,1-4H3,(H2,20,24)(H3,21,22,25). The van der Waals surface area contributed by atoms with Crippen LogP contribution in [0.1, 0.15) is 57.3 Å². The van der Waals surface area contributed by atoms with Gasteiger partial charge in [0.25, 0.3) is 0 Å². The van der Waals surface area contributed by atoms with Crippen LogP contribution in [0.25, 0.3) is 0 Å². The minimum atomic E-state index is -0.683. The number of urea groups is 1. The first kappa shape index (κ1) is 21.6. The van der Waals surface area contributed by atoms with Crippen molar-refractivity contribution in [3.63, 3.8) is 0 Å². The Kier molecular flexibility index (Phi) is 7.32. The molecule has 0 spiro atoms. The van der Waals surface area contributed by atoms with Crippen LogP contribution >= 0.6 is 0 Å². The van der Waals surface area contributed by atoms with Gasteiger partial charge in [-0.25, -0.2) is 4.79 Å². The van der Waals surface area contributed by atoms with Crippen molar-refractivity contribution in [2.24, 2.45) is 16.9 Å². The second-order valence-electron chi connectivity index (χ2n) is 7.84. The number of ether oxygens (including phenoxy) is 1. The average molecular weight is 363 g/mol. The molecule has 0 radical (unpaired) electrons. The highest BCUT2D eigenvalue weighted by Gasteiger charge is 2.26. The molecule has 0 bridgehead atoms. The van der Waals surface area contributed by atoms with Gasteiger partial charge in [0.2, 0.25) is 5.91 Å². The zero-order valence-electron chi connectivity index (χ0n) is 15.9. The molecule has 0 aromatic heterocycles. The summed E-state index contributed by atoms with van der Waals surface area (Å²) in [6.07, 6.45) is 1.13. The summed E-state index contributed by atoms with van der Waals surface area (Å²) >= 11 is 0. The first-order valence-corrected chi connectivity index (χ1v) is 8.52. The number of Topliss-reactive ketones (excluding diaryl/α,β-unsaturated/α-hetero) is 1. The average Bonchev–Trinajstić information content (AvgIpc) is 2.44. The van der Waals surface area contributed by atoms with Crippen LogP contribution in [0.3, 0.4) is 0 Å². The lowest BCUT2D eigenvalue weighted by Crippen LogP contribution is -2.31. The second kappa shape index (κ2) is 8.80. The number of hydrogen-bond donors (Lipinski definition) is 3. The molecule has 0 atom stereocenters. The molecular formula is C19H29N3O4. The number of anilines is 1. The third-order valence-corrected chi connectivity index (χ3v) is 3.96. The van der Waals surface area contributed by atoms with E-state index in [0.717, 1.165) is 0 Å². The van der Waals surface area contributed by atoms with E-state index in [1.54, 1.807) is 24.3 Å². The molecule has 3 amide bonds. The van der Waals surface area contributed by atoms with Gasteiger partial charge in [-0.3, -0.25) is 9.59 Å². The number of primary amides is 2. The van der Waals surface area contributed by atoms with Gasteiger partial charge in [-0.05, 0) is 37.8 Å². The topological polar surface area (TPSA) is 125 Å². The van der Waals surface area contributed by atoms with Crippen molar-refractivity contribution in [2.45, 2.75) is 52.6 Å². The fraction of sp³-hybridized carbons (Fsp3) is 0.526. The SMILES string of the molecule is CC(C)(CCOC(C)(C)CC(=O)c1cccc(NC(N)=O)c1)CC(N)=O. The molecule has 0 saturated carbocycles. The monoisotopic (exact) mass is 363 g/mol. The van der Waals surface area contributed by atoms with Gasteiger partial charge in [-0.1, -0.05) is 26.0 Å². The van der Waals surface area contributed by atoms with Crippen molar-refractivity contribution in [2.75, 3.05) is 11.9 Å². The molecule has 0 fully saturated rings. The maximum absolute atomic E-state index is 12.5. The van der Waals surface area contributed by atoms with E-state index in [2.05, 4.69) is 5.32 Å². The first-order chi connectivity index (χ1) is 11.9. The van der Waals surface area contributed by atoms with E-state index in [4.69, 9.17) is 16.2 Å². The number of carbonyl (C=O) groups is 3. The molecule has 7 nitrogen and oxygen atoms in total. The lowest BCUT2D eigenvalue weighted by Gasteiger charge is -2.28. The third-order valence-electron chi connectivity index (χ3n) is 3.96. The van der Waals surface area contributed by atoms with Gasteiger partial charge in [0.05, 0.1) is 5.60 Å². The predicted octanol–water partition coefficient (Wildman–Crippen LogP) is 2.84. The van der Waals surface area contributed by atoms with E-state index in [-0.39, 0.29) is 29.9 Å². The zero-order chi connectivity index (χ0) is 20.0. The van der Waals surface area contributed by atoms with Crippen molar-refractivity contribution in [3.05, 3.63) is 29.8 Å². The van der Waals surface area contributed by atoms with E-state index in [0.29, 0.717) is 24.3 Å². The van der Waals surface area contributed by atoms with Crippen molar-refractivity contribution in [1.29, 1.82) is 0 Å². The fourth-order valence-electron chi connectivity index (χ4n) is 2.62. The zero-order valence-corrected chi connectivity index (χ0v) is 15.9. The number of ketones is 1. The molecule has 1 rings (SSSR count). The van der Waals surface area contributed by atoms with E-state index in [9.17, 15) is 14.4 Å². The summed E-state index contributed by atoms with van der Waals surface area (Å²) in [6, 6.07) is 5.92. The lowest BCUT2D eigenvalue weighted by atomic mass is 9.85. The summed E-state index contributed by atoms with van der Waals surface area (Å²) in [5, 5.41) is 2.45. The van der Waals surface area contributed by atoms with Crippen LogP contribution in [0, 0.1) is 5.41 Å². The Balaban J connectivity index is 2.61. The van der Waals surface area contributed by atoms with Gasteiger partial charge >= 0.3 is 6.03 Å². The normalized spacial score (nSPS) is 11.8. The molecule has 26 heavy (non-hydrogen) atoms. The highest BCUT2D eigenvalue weighted by Crippen LogP contribution is 2.27. The Bertz CT molecular complexity index is 669. The van der Waals surface area contributed by atoms with Crippen LogP contribution in [0.4, 0.5) is 10.5 Å². The molecule has 0 saturated heterocycles. The largest absolute Gasteiger partial charge is 0.375 e. The number of nitrogens with two attached hydrogens (primary N) is 2. The van der Waals surface area contributed by atoms with E-state index < -0.39 is 11.6 Å². The van der Waals surface area contributed by atoms with Crippen LogP contribution < -0.4 is 16.8 Å². The molecule has 0 heterocycles. The van der Waals surface area contributed by atoms with Crippen LogP contribution in [0.15, 0.2) is 24.3 Å². The Morgan fingerprint density at radius 2 is 1.73 bits per heavy atom. The molecule has 1 aromatic rings. The van der Waals surface area contributed by atoms with E-state index in [1.165, 1.54) is 0 Å². The summed E-state index contributed by atoms with van der Waals surface area (Å²) in [6.45, 7) is 8.02. The first-order valence-electron chi connectivity index (χ1n) is 8.52. The Labute approximate surface area is 154 Å². The molecule has 0 aliphatic carbocycles. The van der Waals surface area contributed by atoms with E-state index >= 15 is 0 Å². The predicted molar refractivity (Wildman–Crippen MR) is 101 cm³/mol. The Morgan fingerprint density at radius 1 is 1.08 bits per heavy atom. The van der Waals surface area contributed by atoms with Gasteiger partial charge in [-0.2, -0.15) is 0 Å². The summed E-state index contributed by atoms with van der Waals surface area (Å²) in [7, 11) is 0. The number of benzene rings is 1. The highest BCUT2D eigenvalue weighted by atomic mass is 16.5. The summed E-state index contributed by atoms with van der Waals surface area (Å²) in [5.74, 6) is -0.437. The summed E-state index contributed by atoms with van der Waals surface area (Å²) in [5.41, 5.74) is 10.4. The molecule has 7 heteroatoms. The lowest BCUT2D eigenvalue weighted by molar-refractivity contribution is -0.120. The molecule has 144 valence electrons. The van der Waals surface area contributed by atoms with Crippen molar-refractivity contribution in [1.82, 2.24) is 0 Å². The molecule has 1 aromatic carbocycles. The quantitative estimate of drug-likeness (QED) is 0.553. The van der Waals surface area contributed by atoms with E-state index in [1.807, 2.05) is 27.7 Å². The van der Waals surface area contributed by atoms with Crippen LogP contribution in [0.5, 0.6) is 0 Å². The van der Waals surface area contributed by atoms with Gasteiger partial charge in [-0.15, -0.1) is 0 Å². The number of hydrogen-bond acceptors (Lipinski definition) is 4. The number of amides is 3.